The van der Waals surface area contributed by atoms with Crippen LogP contribution in [0.15, 0.2) is 24.3 Å². The Hall–Kier alpha value is -8.72. The summed E-state index contributed by atoms with van der Waals surface area (Å²) >= 11 is 0. The zero-order chi connectivity index (χ0) is 83.5. The molecule has 0 bridgehead atoms. The van der Waals surface area contributed by atoms with Crippen molar-refractivity contribution in [2.24, 2.45) is 29.2 Å². The summed E-state index contributed by atoms with van der Waals surface area (Å²) in [6.07, 6.45) is 16.1. The van der Waals surface area contributed by atoms with Crippen molar-refractivity contribution in [3.8, 4) is 5.75 Å². The van der Waals surface area contributed by atoms with E-state index in [-0.39, 0.29) is 218 Å². The molecule has 0 aromatic heterocycles. The smallest absolute Gasteiger partial charge is 0.326 e. The summed E-state index contributed by atoms with van der Waals surface area (Å²) in [4.78, 5) is 160. The SMILES string of the molecule is CC(C(=O)[C@@H](C)CCCCNC(=O)COCCOCCNC(=O)COCCOCCNC(=O)COCCOCCNC(=O)COCCOCCNC(=O)CC[C@H](NC(=O)CC[C@H](NC(=O)CCCCCCCCCCCCCCCCC(=O)O)C(=O)O)C(=O)O)[C@@H](CCCNC(=N)N)C(=O)N[C@@H](Cc1ccc(O)cc1)C(N)=O. The number of carbonyl (C=O) groups is 13. The number of nitrogens with two attached hydrogens (primary N) is 2. The zero-order valence-corrected chi connectivity index (χ0v) is 66.2. The minimum atomic E-state index is -1.42. The van der Waals surface area contributed by atoms with E-state index in [1.54, 1.807) is 26.0 Å². The maximum Gasteiger partial charge on any atom is 0.326 e. The summed E-state index contributed by atoms with van der Waals surface area (Å²) in [6, 6.07) is 2.34. The number of amides is 9. The minimum absolute atomic E-state index is 0.0446. The number of carbonyl (C=O) groups excluding carboxylic acids is 10. The van der Waals surface area contributed by atoms with Crippen molar-refractivity contribution < 1.29 is 121 Å². The standard InChI is InChI=1S/C76H130N12O25/c1-55(71(99)56(2)59(21-19-33-85-76(78)79)73(101)88-62(72(77)100)50-57-24-26-58(89)27-25-57)20-17-18-32-80-66(93)51-110-46-43-107-39-35-82-68(95)53-112-48-45-109-41-37-84-69(96)54-113-49-44-108-40-36-83-67(94)52-111-47-42-106-38-34-81-63(90)30-28-60(74(102)103)87-65(92)31-29-61(75(104)105)86-64(91)22-15-13-11-9-7-5-3-4-6-8-10-12-14-16-23-70(97)98/h24-27,55-56,59-62,89H,3-23,28-54H2,1-2H3,(H2,77,100)(H,80,93)(H,81,90)(H,82,95)(H,83,94)(H,84,96)(H,86,91)(H,87,92)(H,88,101)(H,97,98)(H,102,103)(H,104,105)(H4,78,79,85)/t55-,56?,59+,60-,61-,62-/m0/s1. The van der Waals surface area contributed by atoms with Gasteiger partial charge in [0.2, 0.25) is 53.2 Å². The normalized spacial score (nSPS) is 12.7. The Bertz CT molecular complexity index is 2900. The highest BCUT2D eigenvalue weighted by Crippen LogP contribution is 2.25. The molecule has 1 rings (SSSR count). The number of hydrogen-bond donors (Lipinski definition) is 16. The number of ketones is 1. The average Bonchev–Trinajstić information content (AvgIpc) is 0.847. The average molecular weight is 1610 g/mol. The maximum atomic E-state index is 13.6. The summed E-state index contributed by atoms with van der Waals surface area (Å²) < 4.78 is 42.9. The number of aromatic hydroxyl groups is 1. The lowest BCUT2D eigenvalue weighted by Gasteiger charge is -2.27. The summed E-state index contributed by atoms with van der Waals surface area (Å²) in [5, 5.41) is 68.5. The molecule has 0 fully saturated rings. The molecule has 1 aromatic rings. The molecule has 18 N–H and O–H groups in total. The minimum Gasteiger partial charge on any atom is -0.508 e. The van der Waals surface area contributed by atoms with E-state index >= 15 is 0 Å². The lowest BCUT2D eigenvalue weighted by Crippen LogP contribution is -2.49. The molecular weight excluding hydrogens is 1480 g/mol. The van der Waals surface area contributed by atoms with Gasteiger partial charge < -0.3 is 118 Å². The second-order valence-electron chi connectivity index (χ2n) is 27.3. The van der Waals surface area contributed by atoms with Gasteiger partial charge in [-0.2, -0.15) is 0 Å². The van der Waals surface area contributed by atoms with Gasteiger partial charge in [0.1, 0.15) is 56.1 Å². The van der Waals surface area contributed by atoms with Crippen molar-refractivity contribution in [2.75, 3.05) is 145 Å². The lowest BCUT2D eigenvalue weighted by molar-refractivity contribution is -0.143. The fourth-order valence-electron chi connectivity index (χ4n) is 11.3. The highest BCUT2D eigenvalue weighted by molar-refractivity contribution is 5.92. The number of phenols is 1. The third-order valence-corrected chi connectivity index (χ3v) is 17.6. The van der Waals surface area contributed by atoms with E-state index in [0.29, 0.717) is 50.8 Å². The number of carboxylic acids is 3. The van der Waals surface area contributed by atoms with Crippen LogP contribution in [0.25, 0.3) is 0 Å². The molecule has 0 saturated heterocycles. The van der Waals surface area contributed by atoms with Crippen LogP contribution in [0.2, 0.25) is 0 Å². The van der Waals surface area contributed by atoms with Crippen LogP contribution in [0.4, 0.5) is 0 Å². The van der Waals surface area contributed by atoms with E-state index in [0.717, 1.165) is 57.8 Å². The first-order valence-corrected chi connectivity index (χ1v) is 39.5. The number of ether oxygens (including phenoxy) is 8. The Kier molecular flexibility index (Phi) is 61.3. The molecule has 0 spiro atoms. The number of rotatable bonds is 76. The van der Waals surface area contributed by atoms with Gasteiger partial charge in [-0.15, -0.1) is 0 Å². The van der Waals surface area contributed by atoms with Gasteiger partial charge in [-0.25, -0.2) is 9.59 Å². The fraction of sp³-hybridized carbons (Fsp3) is 0.737. The molecule has 0 radical (unpaired) electrons. The van der Waals surface area contributed by atoms with E-state index in [1.165, 1.54) is 37.8 Å². The maximum absolute atomic E-state index is 13.6. The van der Waals surface area contributed by atoms with Gasteiger partial charge in [-0.1, -0.05) is 109 Å². The molecule has 37 heteroatoms. The highest BCUT2D eigenvalue weighted by atomic mass is 16.5. The quantitative estimate of drug-likeness (QED) is 0.0250. The third-order valence-electron chi connectivity index (χ3n) is 17.6. The number of phenolic OH excluding ortho intramolecular Hbond substituents is 1. The number of Topliss-reactive ketones (excluding diaryl/α,β-unsaturated/α-hetero) is 1. The number of benzene rings is 1. The third kappa shape index (κ3) is 59.6. The van der Waals surface area contributed by atoms with Gasteiger partial charge in [0.05, 0.1) is 79.3 Å². The van der Waals surface area contributed by atoms with E-state index in [2.05, 4.69) is 47.9 Å². The number of guanidine groups is 1. The molecule has 0 aliphatic carbocycles. The lowest BCUT2D eigenvalue weighted by atomic mass is 9.80. The van der Waals surface area contributed by atoms with Crippen molar-refractivity contribution >= 4 is 82.8 Å². The van der Waals surface area contributed by atoms with Crippen LogP contribution in [-0.2, 0) is 107 Å². The largest absolute Gasteiger partial charge is 0.508 e. The monoisotopic (exact) mass is 1610 g/mol. The van der Waals surface area contributed by atoms with Crippen molar-refractivity contribution in [3.05, 3.63) is 29.8 Å². The number of hydrogen-bond acceptors (Lipinski definition) is 23. The number of primary amides is 1. The van der Waals surface area contributed by atoms with Crippen LogP contribution in [-0.4, -0.2) is 266 Å². The molecule has 1 unspecified atom stereocenters. The van der Waals surface area contributed by atoms with Crippen molar-refractivity contribution in [3.63, 3.8) is 0 Å². The first-order chi connectivity index (χ1) is 54.3. The molecule has 113 heavy (non-hydrogen) atoms. The van der Waals surface area contributed by atoms with Crippen LogP contribution < -0.4 is 59.3 Å². The Morgan fingerprint density at radius 1 is 0.372 bits per heavy atom. The van der Waals surface area contributed by atoms with E-state index in [9.17, 15) is 77.6 Å². The Labute approximate surface area is 662 Å². The van der Waals surface area contributed by atoms with Crippen molar-refractivity contribution in [2.45, 2.75) is 199 Å². The molecule has 0 heterocycles. The second-order valence-corrected chi connectivity index (χ2v) is 27.3. The Balaban J connectivity index is 2.01. The van der Waals surface area contributed by atoms with Crippen LogP contribution in [0.3, 0.4) is 0 Å². The Morgan fingerprint density at radius 3 is 1.13 bits per heavy atom. The summed E-state index contributed by atoms with van der Waals surface area (Å²) in [7, 11) is 0. The van der Waals surface area contributed by atoms with Crippen LogP contribution in [0.1, 0.15) is 180 Å². The van der Waals surface area contributed by atoms with Crippen molar-refractivity contribution in [1.82, 2.24) is 47.9 Å². The van der Waals surface area contributed by atoms with Crippen LogP contribution in [0.5, 0.6) is 5.75 Å². The first-order valence-electron chi connectivity index (χ1n) is 39.5. The topological polar surface area (TPSA) is 561 Å². The van der Waals surface area contributed by atoms with Gasteiger partial charge in [0, 0.05) is 89.1 Å². The predicted octanol–water partition coefficient (Wildman–Crippen LogP) is 1.54. The first kappa shape index (κ1) is 102. The van der Waals surface area contributed by atoms with Crippen molar-refractivity contribution in [1.29, 1.82) is 5.41 Å². The fourth-order valence-corrected chi connectivity index (χ4v) is 11.3. The number of unbranched alkanes of at least 4 members (excludes halogenated alkanes) is 14. The molecule has 0 aliphatic rings. The molecule has 644 valence electrons. The van der Waals surface area contributed by atoms with E-state index in [4.69, 9.17) is 59.9 Å². The number of aliphatic carboxylic acids is 3. The van der Waals surface area contributed by atoms with E-state index in [1.807, 2.05) is 0 Å². The molecule has 0 saturated carbocycles. The summed E-state index contributed by atoms with van der Waals surface area (Å²) in [5.41, 5.74) is 11.7. The van der Waals surface area contributed by atoms with Crippen LogP contribution >= 0.6 is 0 Å². The van der Waals surface area contributed by atoms with Gasteiger partial charge in [0.15, 0.2) is 5.96 Å². The number of carboxylic acid groups (broad SMARTS) is 3. The molecule has 1 aromatic carbocycles. The molecule has 6 atom stereocenters. The Morgan fingerprint density at radius 2 is 0.735 bits per heavy atom. The van der Waals surface area contributed by atoms with Crippen LogP contribution in [0, 0.1) is 23.2 Å². The molecule has 0 aliphatic heterocycles. The predicted molar refractivity (Wildman–Crippen MR) is 413 cm³/mol. The van der Waals surface area contributed by atoms with Gasteiger partial charge in [0.25, 0.3) is 0 Å². The molecule has 37 nitrogen and oxygen atoms in total. The second kappa shape index (κ2) is 67.8. The van der Waals surface area contributed by atoms with Gasteiger partial charge in [-0.3, -0.25) is 58.1 Å². The summed E-state index contributed by atoms with van der Waals surface area (Å²) in [5.74, 6) is -10.0. The molecular formula is C76H130N12O25. The zero-order valence-electron chi connectivity index (χ0n) is 66.2. The molecule has 9 amide bonds. The highest BCUT2D eigenvalue weighted by Gasteiger charge is 2.34. The number of nitrogens with one attached hydrogen (secondary N) is 10. The van der Waals surface area contributed by atoms with Gasteiger partial charge in [-0.05, 0) is 69.1 Å². The van der Waals surface area contributed by atoms with E-state index < -0.39 is 89.2 Å². The summed E-state index contributed by atoms with van der Waals surface area (Å²) in [6.45, 7) is 5.80. The van der Waals surface area contributed by atoms with Gasteiger partial charge >= 0.3 is 17.9 Å².